The molecule has 0 saturated carbocycles. The van der Waals surface area contributed by atoms with Crippen LogP contribution in [-0.4, -0.2) is 16.0 Å². The summed E-state index contributed by atoms with van der Waals surface area (Å²) in [6.07, 6.45) is 0.959. The van der Waals surface area contributed by atoms with Crippen LogP contribution in [0.2, 0.25) is 0 Å². The van der Waals surface area contributed by atoms with E-state index in [1.165, 1.54) is 6.07 Å². The van der Waals surface area contributed by atoms with Crippen LogP contribution in [0.1, 0.15) is 47.1 Å². The standard InChI is InChI=1S/C23H18BrFN2O3/c1-11-20-21(13-4-7-16(24)17(25)8-13)22-18(26-23(20)30-27-11)9-14(10-19(22)29)12-2-5-15(28)6-3-12/h2-8,14,21,26,28H,9-10H2,1H3/t14-,21+/m1/s1. The van der Waals surface area contributed by atoms with Gasteiger partial charge in [-0.15, -0.1) is 0 Å². The molecular formula is C23H18BrFN2O3. The lowest BCUT2D eigenvalue weighted by molar-refractivity contribution is -0.116. The summed E-state index contributed by atoms with van der Waals surface area (Å²) in [7, 11) is 0. The molecule has 1 aromatic heterocycles. The fraction of sp³-hybridized carbons (Fsp3) is 0.217. The molecule has 0 radical (unpaired) electrons. The second kappa shape index (κ2) is 7.09. The van der Waals surface area contributed by atoms with Gasteiger partial charge in [-0.25, -0.2) is 4.39 Å². The largest absolute Gasteiger partial charge is 0.508 e. The number of anilines is 1. The predicted octanol–water partition coefficient (Wildman–Crippen LogP) is 5.55. The number of ketones is 1. The molecule has 2 aliphatic rings. The van der Waals surface area contributed by atoms with Crippen molar-refractivity contribution in [1.29, 1.82) is 0 Å². The maximum atomic E-state index is 14.4. The number of nitrogens with one attached hydrogen (secondary N) is 1. The van der Waals surface area contributed by atoms with Gasteiger partial charge < -0.3 is 14.9 Å². The summed E-state index contributed by atoms with van der Waals surface area (Å²) in [5.74, 6) is -0.125. The first-order chi connectivity index (χ1) is 14.4. The fourth-order valence-electron chi connectivity index (χ4n) is 4.48. The molecule has 1 aliphatic heterocycles. The summed E-state index contributed by atoms with van der Waals surface area (Å²) in [5.41, 5.74) is 4.54. The van der Waals surface area contributed by atoms with Gasteiger partial charge in [-0.1, -0.05) is 23.4 Å². The summed E-state index contributed by atoms with van der Waals surface area (Å²) in [6.45, 7) is 1.82. The van der Waals surface area contributed by atoms with Crippen LogP contribution in [0.3, 0.4) is 0 Å². The smallest absolute Gasteiger partial charge is 0.233 e. The summed E-state index contributed by atoms with van der Waals surface area (Å²) in [5, 5.41) is 16.9. The van der Waals surface area contributed by atoms with Crippen molar-refractivity contribution in [2.24, 2.45) is 0 Å². The fourth-order valence-corrected chi connectivity index (χ4v) is 4.73. The third-order valence-electron chi connectivity index (χ3n) is 5.90. The van der Waals surface area contributed by atoms with Crippen LogP contribution >= 0.6 is 15.9 Å². The Morgan fingerprint density at radius 2 is 1.90 bits per heavy atom. The van der Waals surface area contributed by atoms with Crippen molar-refractivity contribution in [3.05, 3.63) is 86.4 Å². The van der Waals surface area contributed by atoms with Crippen LogP contribution in [0, 0.1) is 12.7 Å². The maximum absolute atomic E-state index is 14.4. The normalized spacial score (nSPS) is 20.6. The molecule has 2 heterocycles. The van der Waals surface area contributed by atoms with Crippen LogP contribution < -0.4 is 5.32 Å². The Labute approximate surface area is 180 Å². The third-order valence-corrected chi connectivity index (χ3v) is 6.54. The number of carbonyl (C=O) groups excluding carboxylic acids is 1. The van der Waals surface area contributed by atoms with Gasteiger partial charge in [-0.3, -0.25) is 4.79 Å². The Kier molecular flexibility index (Phi) is 4.50. The van der Waals surface area contributed by atoms with Crippen molar-refractivity contribution in [3.8, 4) is 5.75 Å². The first-order valence-electron chi connectivity index (χ1n) is 9.65. The van der Waals surface area contributed by atoms with Gasteiger partial charge in [0.1, 0.15) is 11.6 Å². The number of nitrogens with zero attached hydrogens (tertiary/aromatic N) is 1. The number of hydrogen-bond donors (Lipinski definition) is 2. The van der Waals surface area contributed by atoms with Crippen molar-refractivity contribution >= 4 is 27.6 Å². The van der Waals surface area contributed by atoms with Crippen LogP contribution in [0.5, 0.6) is 5.75 Å². The number of carbonyl (C=O) groups is 1. The van der Waals surface area contributed by atoms with Crippen LogP contribution in [0.15, 0.2) is 62.7 Å². The van der Waals surface area contributed by atoms with Crippen molar-refractivity contribution in [2.75, 3.05) is 5.32 Å². The number of benzene rings is 2. The molecule has 0 spiro atoms. The summed E-state index contributed by atoms with van der Waals surface area (Å²) < 4.78 is 20.2. The summed E-state index contributed by atoms with van der Waals surface area (Å²) in [4.78, 5) is 13.4. The molecule has 5 nitrogen and oxygen atoms in total. The SMILES string of the molecule is Cc1noc2c1[C@H](c1ccc(Br)c(F)c1)C1=C(C[C@@H](c3ccc(O)cc3)CC1=O)N2. The topological polar surface area (TPSA) is 75.4 Å². The lowest BCUT2D eigenvalue weighted by Gasteiger charge is -2.34. The number of Topliss-reactive ketones (excluding diaryl/α,β-unsaturated/α-hetero) is 1. The first-order valence-corrected chi connectivity index (χ1v) is 10.4. The van der Waals surface area contributed by atoms with Gasteiger partial charge in [0.2, 0.25) is 5.88 Å². The van der Waals surface area contributed by atoms with Crippen molar-refractivity contribution < 1.29 is 18.8 Å². The number of aryl methyl sites for hydroxylation is 1. The molecule has 7 heteroatoms. The zero-order valence-electron chi connectivity index (χ0n) is 16.1. The van der Waals surface area contributed by atoms with E-state index in [0.29, 0.717) is 40.0 Å². The van der Waals surface area contributed by atoms with E-state index in [0.717, 1.165) is 16.8 Å². The summed E-state index contributed by atoms with van der Waals surface area (Å²) >= 11 is 3.20. The van der Waals surface area contributed by atoms with E-state index in [1.54, 1.807) is 18.2 Å². The zero-order chi connectivity index (χ0) is 21.0. The number of phenols is 1. The van der Waals surface area contributed by atoms with Crippen LogP contribution in [0.25, 0.3) is 0 Å². The zero-order valence-corrected chi connectivity index (χ0v) is 17.7. The van der Waals surface area contributed by atoms with Gasteiger partial charge in [-0.2, -0.15) is 0 Å². The number of rotatable bonds is 2. The first kappa shape index (κ1) is 19.1. The minimum absolute atomic E-state index is 0.0152. The third kappa shape index (κ3) is 3.04. The highest BCUT2D eigenvalue weighted by atomic mass is 79.9. The highest BCUT2D eigenvalue weighted by Crippen LogP contribution is 2.49. The van der Waals surface area contributed by atoms with Crippen molar-refractivity contribution in [1.82, 2.24) is 5.16 Å². The monoisotopic (exact) mass is 468 g/mol. The van der Waals surface area contributed by atoms with Gasteiger partial charge in [0.15, 0.2) is 5.78 Å². The Hall–Kier alpha value is -2.93. The number of phenolic OH excluding ortho intramolecular Hbond substituents is 1. The number of aromatic hydroxyl groups is 1. The Bertz CT molecular complexity index is 1200. The van der Waals surface area contributed by atoms with Gasteiger partial charge in [0.25, 0.3) is 0 Å². The van der Waals surface area contributed by atoms with Gasteiger partial charge in [0.05, 0.1) is 15.7 Å². The Balaban J connectivity index is 1.62. The number of fused-ring (bicyclic) bond motifs is 1. The molecule has 5 rings (SSSR count). The van der Waals surface area contributed by atoms with Crippen LogP contribution in [0.4, 0.5) is 10.3 Å². The highest BCUT2D eigenvalue weighted by molar-refractivity contribution is 9.10. The molecule has 152 valence electrons. The minimum atomic E-state index is -0.432. The minimum Gasteiger partial charge on any atom is -0.508 e. The molecule has 30 heavy (non-hydrogen) atoms. The van der Waals surface area contributed by atoms with E-state index < -0.39 is 5.92 Å². The second-order valence-corrected chi connectivity index (χ2v) is 8.61. The van der Waals surface area contributed by atoms with E-state index in [2.05, 4.69) is 26.4 Å². The Morgan fingerprint density at radius 1 is 1.17 bits per heavy atom. The lowest BCUT2D eigenvalue weighted by atomic mass is 9.72. The van der Waals surface area contributed by atoms with Crippen molar-refractivity contribution in [2.45, 2.75) is 31.6 Å². The highest BCUT2D eigenvalue weighted by Gasteiger charge is 2.41. The number of aromatic nitrogens is 1. The molecule has 2 atom stereocenters. The van der Waals surface area contributed by atoms with E-state index in [9.17, 15) is 14.3 Å². The number of hydrogen-bond acceptors (Lipinski definition) is 5. The number of halogens is 2. The predicted molar refractivity (Wildman–Crippen MR) is 113 cm³/mol. The lowest BCUT2D eigenvalue weighted by Crippen LogP contribution is -2.29. The van der Waals surface area contributed by atoms with E-state index in [1.807, 2.05) is 25.1 Å². The molecule has 0 amide bonds. The number of allylic oxidation sites excluding steroid dienone is 2. The van der Waals surface area contributed by atoms with E-state index >= 15 is 0 Å². The van der Waals surface area contributed by atoms with E-state index in [-0.39, 0.29) is 23.3 Å². The molecular weight excluding hydrogens is 451 g/mol. The van der Waals surface area contributed by atoms with Crippen molar-refractivity contribution in [3.63, 3.8) is 0 Å². The molecule has 0 unspecified atom stereocenters. The molecule has 2 aromatic carbocycles. The quantitative estimate of drug-likeness (QED) is 0.515. The van der Waals surface area contributed by atoms with Crippen LogP contribution in [-0.2, 0) is 4.79 Å². The average molecular weight is 469 g/mol. The molecule has 0 fully saturated rings. The van der Waals surface area contributed by atoms with Gasteiger partial charge in [-0.05, 0) is 70.6 Å². The molecule has 3 aromatic rings. The average Bonchev–Trinajstić information content (AvgIpc) is 3.09. The maximum Gasteiger partial charge on any atom is 0.233 e. The second-order valence-electron chi connectivity index (χ2n) is 7.75. The molecule has 0 bridgehead atoms. The molecule has 2 N–H and O–H groups in total. The Morgan fingerprint density at radius 3 is 2.63 bits per heavy atom. The van der Waals surface area contributed by atoms with Gasteiger partial charge >= 0.3 is 0 Å². The van der Waals surface area contributed by atoms with E-state index in [4.69, 9.17) is 4.52 Å². The van der Waals surface area contributed by atoms with Gasteiger partial charge in [0, 0.05) is 23.6 Å². The molecule has 0 saturated heterocycles. The summed E-state index contributed by atoms with van der Waals surface area (Å²) in [6, 6.07) is 11.9. The molecule has 1 aliphatic carbocycles.